The number of nitrogens with zero attached hydrogens (tertiary/aromatic N) is 2. The fourth-order valence-corrected chi connectivity index (χ4v) is 2.01. The Kier molecular flexibility index (Phi) is 2.92. The van der Waals surface area contributed by atoms with E-state index in [1.54, 1.807) is 30.3 Å². The van der Waals surface area contributed by atoms with Gasteiger partial charge in [0.05, 0.1) is 5.69 Å². The molecule has 0 aliphatic rings. The van der Waals surface area contributed by atoms with Gasteiger partial charge in [-0.25, -0.2) is 17.9 Å². The Labute approximate surface area is 103 Å². The largest absolute Gasteiger partial charge is 0.477 e. The zero-order chi connectivity index (χ0) is 13.3. The molecule has 94 valence electrons. The summed E-state index contributed by atoms with van der Waals surface area (Å²) in [5, 5.41) is 12.6. The molecule has 0 saturated carbocycles. The Morgan fingerprint density at radius 1 is 1.28 bits per heavy atom. The minimum atomic E-state index is -3.54. The van der Waals surface area contributed by atoms with Crippen LogP contribution in [0.25, 0.3) is 5.69 Å². The number of aromatic carboxylic acids is 1. The molecule has 0 atom stereocenters. The molecule has 1 aromatic carbocycles. The molecule has 0 aliphatic heterocycles. The highest BCUT2D eigenvalue weighted by Crippen LogP contribution is 2.15. The molecule has 0 radical (unpaired) electrons. The number of carboxylic acids is 1. The third-order valence-electron chi connectivity index (χ3n) is 2.29. The lowest BCUT2D eigenvalue weighted by atomic mass is 10.3. The zero-order valence-electron chi connectivity index (χ0n) is 9.44. The van der Waals surface area contributed by atoms with Crippen LogP contribution in [0.2, 0.25) is 0 Å². The molecule has 18 heavy (non-hydrogen) atoms. The van der Waals surface area contributed by atoms with E-state index < -0.39 is 15.8 Å². The van der Waals surface area contributed by atoms with Gasteiger partial charge in [-0.05, 0) is 12.1 Å². The number of para-hydroxylation sites is 1. The predicted molar refractivity (Wildman–Crippen MR) is 63.6 cm³/mol. The first-order chi connectivity index (χ1) is 8.39. The maximum Gasteiger partial charge on any atom is 0.354 e. The Hall–Kier alpha value is -2.15. The van der Waals surface area contributed by atoms with Crippen LogP contribution < -0.4 is 0 Å². The number of carbonyl (C=O) groups is 1. The number of sulfone groups is 1. The summed E-state index contributed by atoms with van der Waals surface area (Å²) in [5.41, 5.74) is 0.298. The number of rotatable bonds is 3. The number of carboxylic acid groups (broad SMARTS) is 1. The molecule has 1 aromatic heterocycles. The molecule has 1 heterocycles. The first kappa shape index (κ1) is 12.3. The Morgan fingerprint density at radius 2 is 1.89 bits per heavy atom. The lowest BCUT2D eigenvalue weighted by Crippen LogP contribution is -2.07. The lowest BCUT2D eigenvalue weighted by molar-refractivity contribution is 0.0687. The summed E-state index contributed by atoms with van der Waals surface area (Å²) in [7, 11) is -3.54. The average molecular weight is 266 g/mol. The highest BCUT2D eigenvalue weighted by molar-refractivity contribution is 7.90. The second kappa shape index (κ2) is 4.26. The monoisotopic (exact) mass is 266 g/mol. The SMILES string of the molecule is CS(=O)(=O)c1cc(C(=O)O)n(-c2ccccc2)n1. The summed E-state index contributed by atoms with van der Waals surface area (Å²) in [6.07, 6.45) is 0.982. The first-order valence-electron chi connectivity index (χ1n) is 4.98. The summed E-state index contributed by atoms with van der Waals surface area (Å²) in [6.45, 7) is 0. The topological polar surface area (TPSA) is 89.3 Å². The van der Waals surface area contributed by atoms with Crippen LogP contribution in [0.3, 0.4) is 0 Å². The minimum Gasteiger partial charge on any atom is -0.477 e. The molecule has 0 amide bonds. The van der Waals surface area contributed by atoms with E-state index in [1.807, 2.05) is 0 Å². The summed E-state index contributed by atoms with van der Waals surface area (Å²) < 4.78 is 23.9. The van der Waals surface area contributed by atoms with E-state index in [0.29, 0.717) is 5.69 Å². The van der Waals surface area contributed by atoms with Gasteiger partial charge in [-0.1, -0.05) is 18.2 Å². The molecular weight excluding hydrogens is 256 g/mol. The first-order valence-corrected chi connectivity index (χ1v) is 6.87. The number of hydrogen-bond donors (Lipinski definition) is 1. The minimum absolute atomic E-state index is 0.193. The van der Waals surface area contributed by atoms with E-state index in [-0.39, 0.29) is 10.7 Å². The molecule has 2 aromatic rings. The van der Waals surface area contributed by atoms with Gasteiger partial charge < -0.3 is 5.11 Å². The van der Waals surface area contributed by atoms with Gasteiger partial charge in [0.2, 0.25) is 0 Å². The number of benzene rings is 1. The van der Waals surface area contributed by atoms with Gasteiger partial charge in [0.15, 0.2) is 20.6 Å². The summed E-state index contributed by atoms with van der Waals surface area (Å²) >= 11 is 0. The molecule has 1 N–H and O–H groups in total. The molecule has 6 nitrogen and oxygen atoms in total. The van der Waals surface area contributed by atoms with Crippen LogP contribution in [0.1, 0.15) is 10.5 Å². The van der Waals surface area contributed by atoms with E-state index >= 15 is 0 Å². The van der Waals surface area contributed by atoms with Crippen molar-refractivity contribution in [2.45, 2.75) is 5.03 Å². The molecule has 0 spiro atoms. The summed E-state index contributed by atoms with van der Waals surface area (Å²) in [5.74, 6) is -1.23. The third kappa shape index (κ3) is 2.25. The van der Waals surface area contributed by atoms with Crippen LogP contribution in [0, 0.1) is 0 Å². The fraction of sp³-hybridized carbons (Fsp3) is 0.0909. The van der Waals surface area contributed by atoms with E-state index in [0.717, 1.165) is 17.0 Å². The molecular formula is C11H10N2O4S. The molecule has 0 aliphatic carbocycles. The highest BCUT2D eigenvalue weighted by atomic mass is 32.2. The summed E-state index contributed by atoms with van der Waals surface area (Å²) in [4.78, 5) is 11.1. The van der Waals surface area contributed by atoms with Crippen LogP contribution >= 0.6 is 0 Å². The van der Waals surface area contributed by atoms with Gasteiger partial charge in [0.1, 0.15) is 0 Å². The van der Waals surface area contributed by atoms with E-state index in [9.17, 15) is 13.2 Å². The van der Waals surface area contributed by atoms with Crippen molar-refractivity contribution >= 4 is 15.8 Å². The van der Waals surface area contributed by atoms with Gasteiger partial charge in [-0.3, -0.25) is 0 Å². The molecule has 2 rings (SSSR count). The van der Waals surface area contributed by atoms with Crippen molar-refractivity contribution < 1.29 is 18.3 Å². The second-order valence-corrected chi connectivity index (χ2v) is 5.66. The quantitative estimate of drug-likeness (QED) is 0.894. The number of hydrogen-bond acceptors (Lipinski definition) is 4. The third-order valence-corrected chi connectivity index (χ3v) is 3.25. The highest BCUT2D eigenvalue weighted by Gasteiger charge is 2.20. The standard InChI is InChI=1S/C11H10N2O4S/c1-18(16,17)10-7-9(11(14)15)13(12-10)8-5-3-2-4-6-8/h2-7H,1H3,(H,14,15). The van der Waals surface area contributed by atoms with Crippen LogP contribution in [0.5, 0.6) is 0 Å². The number of aromatic nitrogens is 2. The predicted octanol–water partition coefficient (Wildman–Crippen LogP) is 0.974. The van der Waals surface area contributed by atoms with Crippen LogP contribution in [0.15, 0.2) is 41.4 Å². The van der Waals surface area contributed by atoms with Crippen molar-refractivity contribution in [1.82, 2.24) is 9.78 Å². The van der Waals surface area contributed by atoms with Crippen molar-refractivity contribution in [3.05, 3.63) is 42.1 Å². The van der Waals surface area contributed by atoms with Gasteiger partial charge in [0.25, 0.3) is 0 Å². The molecule has 7 heteroatoms. The molecule has 0 bridgehead atoms. The van der Waals surface area contributed by atoms with Gasteiger partial charge in [-0.15, -0.1) is 0 Å². The van der Waals surface area contributed by atoms with Crippen molar-refractivity contribution in [3.63, 3.8) is 0 Å². The Balaban J connectivity index is 2.67. The zero-order valence-corrected chi connectivity index (χ0v) is 10.3. The second-order valence-electron chi connectivity index (χ2n) is 3.69. The molecule has 0 saturated heterocycles. The van der Waals surface area contributed by atoms with Crippen LogP contribution in [-0.4, -0.2) is 35.5 Å². The maximum atomic E-state index is 11.4. The van der Waals surface area contributed by atoms with Gasteiger partial charge >= 0.3 is 5.97 Å². The fourth-order valence-electron chi connectivity index (χ4n) is 1.46. The lowest BCUT2D eigenvalue weighted by Gasteiger charge is -2.02. The molecule has 0 unspecified atom stereocenters. The Bertz CT molecular complexity index is 689. The van der Waals surface area contributed by atoms with Crippen molar-refractivity contribution in [3.8, 4) is 5.69 Å². The van der Waals surface area contributed by atoms with E-state index in [4.69, 9.17) is 5.11 Å². The summed E-state index contributed by atoms with van der Waals surface area (Å²) in [6, 6.07) is 9.53. The van der Waals surface area contributed by atoms with Crippen LogP contribution in [-0.2, 0) is 9.84 Å². The molecule has 0 fully saturated rings. The normalized spacial score (nSPS) is 11.4. The van der Waals surface area contributed by atoms with Crippen molar-refractivity contribution in [2.75, 3.05) is 6.26 Å². The average Bonchev–Trinajstić information content (AvgIpc) is 2.74. The van der Waals surface area contributed by atoms with E-state index in [2.05, 4.69) is 5.10 Å². The van der Waals surface area contributed by atoms with Crippen LogP contribution in [0.4, 0.5) is 0 Å². The van der Waals surface area contributed by atoms with Gasteiger partial charge in [0, 0.05) is 12.3 Å². The van der Waals surface area contributed by atoms with Gasteiger partial charge in [-0.2, -0.15) is 5.10 Å². The Morgan fingerprint density at radius 3 is 2.39 bits per heavy atom. The maximum absolute atomic E-state index is 11.4. The van der Waals surface area contributed by atoms with Crippen molar-refractivity contribution in [1.29, 1.82) is 0 Å². The van der Waals surface area contributed by atoms with Crippen molar-refractivity contribution in [2.24, 2.45) is 0 Å². The smallest absolute Gasteiger partial charge is 0.354 e. The van der Waals surface area contributed by atoms with E-state index in [1.165, 1.54) is 0 Å².